The highest BCUT2D eigenvalue weighted by Crippen LogP contribution is 2.24. The first-order valence-corrected chi connectivity index (χ1v) is 4.36. The van der Waals surface area contributed by atoms with Gasteiger partial charge in [-0.2, -0.15) is 0 Å². The van der Waals surface area contributed by atoms with Gasteiger partial charge in [-0.15, -0.1) is 0 Å². The largest absolute Gasteiger partial charge is 0.481 e. The van der Waals surface area contributed by atoms with Crippen LogP contribution >= 0.6 is 0 Å². The number of hydrogen-bond donors (Lipinski definition) is 1. The molecule has 3 nitrogen and oxygen atoms in total. The molecule has 0 aliphatic heterocycles. The molecule has 1 aliphatic rings. The van der Waals surface area contributed by atoms with Gasteiger partial charge in [0.05, 0.1) is 5.92 Å². The molecule has 0 heterocycles. The molecule has 1 fully saturated rings. The maximum Gasteiger partial charge on any atom is 0.306 e. The number of aliphatic carboxylic acids is 1. The maximum atomic E-state index is 11.2. The van der Waals surface area contributed by atoms with Crippen molar-refractivity contribution in [2.45, 2.75) is 32.6 Å². The highest BCUT2D eigenvalue weighted by molar-refractivity contribution is 5.82. The molecule has 0 bridgehead atoms. The average molecular weight is 170 g/mol. The number of carboxylic acid groups (broad SMARTS) is 1. The molecule has 12 heavy (non-hydrogen) atoms. The van der Waals surface area contributed by atoms with Crippen LogP contribution in [0, 0.1) is 11.8 Å². The Morgan fingerprint density at radius 2 is 2.08 bits per heavy atom. The van der Waals surface area contributed by atoms with Crippen LogP contribution in [0.5, 0.6) is 0 Å². The molecule has 0 spiro atoms. The van der Waals surface area contributed by atoms with Crippen LogP contribution in [-0.2, 0) is 9.59 Å². The molecule has 2 atom stereocenters. The Balaban J connectivity index is 2.55. The lowest BCUT2D eigenvalue weighted by Crippen LogP contribution is -2.12. The fourth-order valence-corrected chi connectivity index (χ4v) is 1.57. The minimum atomic E-state index is -0.753. The van der Waals surface area contributed by atoms with Crippen molar-refractivity contribution in [3.05, 3.63) is 0 Å². The predicted octanol–water partition coefficient (Wildman–Crippen LogP) is 1.47. The summed E-state index contributed by atoms with van der Waals surface area (Å²) >= 11 is 0. The number of carboxylic acids is 1. The van der Waals surface area contributed by atoms with Gasteiger partial charge in [0.15, 0.2) is 0 Å². The van der Waals surface area contributed by atoms with E-state index in [4.69, 9.17) is 5.11 Å². The van der Waals surface area contributed by atoms with E-state index in [9.17, 15) is 9.59 Å². The van der Waals surface area contributed by atoms with E-state index < -0.39 is 5.97 Å². The van der Waals surface area contributed by atoms with Crippen LogP contribution in [-0.4, -0.2) is 16.9 Å². The summed E-state index contributed by atoms with van der Waals surface area (Å²) in [4.78, 5) is 21.8. The van der Waals surface area contributed by atoms with Gasteiger partial charge in [0, 0.05) is 12.3 Å². The third-order valence-corrected chi connectivity index (χ3v) is 2.59. The minimum Gasteiger partial charge on any atom is -0.481 e. The number of ketones is 1. The molecule has 1 rings (SSSR count). The van der Waals surface area contributed by atoms with Crippen LogP contribution in [0.25, 0.3) is 0 Å². The van der Waals surface area contributed by atoms with Gasteiger partial charge in [0.25, 0.3) is 0 Å². The molecule has 0 aromatic rings. The lowest BCUT2D eigenvalue weighted by atomic mass is 9.99. The quantitative estimate of drug-likeness (QED) is 0.606. The molecule has 1 aliphatic carbocycles. The molecule has 0 aromatic carbocycles. The van der Waals surface area contributed by atoms with Crippen molar-refractivity contribution < 1.29 is 14.7 Å². The third kappa shape index (κ3) is 2.06. The molecular formula is C9H14O3. The summed E-state index contributed by atoms with van der Waals surface area (Å²) < 4.78 is 0. The van der Waals surface area contributed by atoms with Gasteiger partial charge in [-0.1, -0.05) is 6.92 Å². The molecule has 2 unspecified atom stereocenters. The SMILES string of the molecule is CC1CCC(C(=O)O)CCC1=O. The topological polar surface area (TPSA) is 54.4 Å². The Labute approximate surface area is 71.8 Å². The molecule has 0 aromatic heterocycles. The Morgan fingerprint density at radius 1 is 1.42 bits per heavy atom. The van der Waals surface area contributed by atoms with Crippen molar-refractivity contribution in [3.63, 3.8) is 0 Å². The van der Waals surface area contributed by atoms with Crippen molar-refractivity contribution in [1.29, 1.82) is 0 Å². The van der Waals surface area contributed by atoms with Gasteiger partial charge in [0.2, 0.25) is 0 Å². The van der Waals surface area contributed by atoms with Crippen molar-refractivity contribution >= 4 is 11.8 Å². The number of carbonyl (C=O) groups excluding carboxylic acids is 1. The van der Waals surface area contributed by atoms with Gasteiger partial charge in [-0.3, -0.25) is 9.59 Å². The Bertz CT molecular complexity index is 198. The summed E-state index contributed by atoms with van der Waals surface area (Å²) in [6, 6.07) is 0. The second-order valence-electron chi connectivity index (χ2n) is 3.52. The molecule has 3 heteroatoms. The summed E-state index contributed by atoms with van der Waals surface area (Å²) in [6.07, 6.45) is 2.36. The van der Waals surface area contributed by atoms with Gasteiger partial charge in [-0.05, 0) is 19.3 Å². The second-order valence-corrected chi connectivity index (χ2v) is 3.52. The van der Waals surface area contributed by atoms with Crippen LogP contribution in [0.4, 0.5) is 0 Å². The molecule has 0 saturated heterocycles. The standard InChI is InChI=1S/C9H14O3/c1-6-2-3-7(9(11)12)4-5-8(6)10/h6-7H,2-5H2,1H3,(H,11,12). The lowest BCUT2D eigenvalue weighted by molar-refractivity contribution is -0.142. The van der Waals surface area contributed by atoms with Crippen molar-refractivity contribution in [2.75, 3.05) is 0 Å². The zero-order chi connectivity index (χ0) is 9.14. The van der Waals surface area contributed by atoms with Crippen molar-refractivity contribution in [1.82, 2.24) is 0 Å². The second kappa shape index (κ2) is 3.70. The average Bonchev–Trinajstić information content (AvgIpc) is 2.16. The first kappa shape index (κ1) is 9.23. The lowest BCUT2D eigenvalue weighted by Gasteiger charge is -2.06. The Hall–Kier alpha value is -0.860. The van der Waals surface area contributed by atoms with E-state index in [1.807, 2.05) is 6.92 Å². The van der Waals surface area contributed by atoms with Crippen molar-refractivity contribution in [2.24, 2.45) is 11.8 Å². The zero-order valence-electron chi connectivity index (χ0n) is 7.25. The molecule has 0 radical (unpaired) electrons. The summed E-state index contributed by atoms with van der Waals surface area (Å²) in [5, 5.41) is 8.72. The van der Waals surface area contributed by atoms with E-state index in [1.165, 1.54) is 0 Å². The molecule has 1 N–H and O–H groups in total. The van der Waals surface area contributed by atoms with Crippen LogP contribution in [0.3, 0.4) is 0 Å². The number of Topliss-reactive ketones (excluding diaryl/α,β-unsaturated/α-hetero) is 1. The fraction of sp³-hybridized carbons (Fsp3) is 0.778. The van der Waals surface area contributed by atoms with Crippen LogP contribution < -0.4 is 0 Å². The van der Waals surface area contributed by atoms with Gasteiger partial charge in [0.1, 0.15) is 5.78 Å². The molecule has 1 saturated carbocycles. The first-order chi connectivity index (χ1) is 5.61. The molecule has 68 valence electrons. The number of carbonyl (C=O) groups is 2. The Morgan fingerprint density at radius 3 is 2.67 bits per heavy atom. The Kier molecular flexibility index (Phi) is 2.84. The van der Waals surface area contributed by atoms with E-state index >= 15 is 0 Å². The monoisotopic (exact) mass is 170 g/mol. The third-order valence-electron chi connectivity index (χ3n) is 2.59. The zero-order valence-corrected chi connectivity index (χ0v) is 7.25. The van der Waals surface area contributed by atoms with Crippen LogP contribution in [0.2, 0.25) is 0 Å². The van der Waals surface area contributed by atoms with E-state index in [0.717, 1.165) is 6.42 Å². The van der Waals surface area contributed by atoms with Gasteiger partial charge >= 0.3 is 5.97 Å². The van der Waals surface area contributed by atoms with Crippen molar-refractivity contribution in [3.8, 4) is 0 Å². The van der Waals surface area contributed by atoms with E-state index in [1.54, 1.807) is 0 Å². The number of hydrogen-bond acceptors (Lipinski definition) is 2. The fourth-order valence-electron chi connectivity index (χ4n) is 1.57. The molecular weight excluding hydrogens is 156 g/mol. The minimum absolute atomic E-state index is 0.0642. The number of rotatable bonds is 1. The highest BCUT2D eigenvalue weighted by atomic mass is 16.4. The smallest absolute Gasteiger partial charge is 0.306 e. The van der Waals surface area contributed by atoms with Crippen LogP contribution in [0.15, 0.2) is 0 Å². The van der Waals surface area contributed by atoms with E-state index in [2.05, 4.69) is 0 Å². The maximum absolute atomic E-state index is 11.2. The summed E-state index contributed by atoms with van der Waals surface area (Å²) in [5.41, 5.74) is 0. The van der Waals surface area contributed by atoms with Gasteiger partial charge in [-0.25, -0.2) is 0 Å². The van der Waals surface area contributed by atoms with Gasteiger partial charge < -0.3 is 5.11 Å². The summed E-state index contributed by atoms with van der Waals surface area (Å²) in [5.74, 6) is -0.760. The van der Waals surface area contributed by atoms with E-state index in [0.29, 0.717) is 19.3 Å². The first-order valence-electron chi connectivity index (χ1n) is 4.36. The summed E-state index contributed by atoms with van der Waals surface area (Å²) in [7, 11) is 0. The summed E-state index contributed by atoms with van der Waals surface area (Å²) in [6.45, 7) is 1.88. The van der Waals surface area contributed by atoms with E-state index in [-0.39, 0.29) is 17.6 Å². The molecule has 0 amide bonds. The highest BCUT2D eigenvalue weighted by Gasteiger charge is 2.25. The predicted molar refractivity (Wildman–Crippen MR) is 43.8 cm³/mol. The van der Waals surface area contributed by atoms with Crippen LogP contribution in [0.1, 0.15) is 32.6 Å². The normalized spacial score (nSPS) is 31.2.